The first-order valence-electron chi connectivity index (χ1n) is 8.99. The van der Waals surface area contributed by atoms with Crippen molar-refractivity contribution in [3.63, 3.8) is 0 Å². The number of carbonyl (C=O) groups is 2. The van der Waals surface area contributed by atoms with Gasteiger partial charge in [-0.15, -0.1) is 0 Å². The van der Waals surface area contributed by atoms with Crippen molar-refractivity contribution in [1.82, 2.24) is 4.57 Å². The summed E-state index contributed by atoms with van der Waals surface area (Å²) in [6.45, 7) is 6.30. The van der Waals surface area contributed by atoms with Crippen molar-refractivity contribution in [2.75, 3.05) is 34.0 Å². The second kappa shape index (κ2) is 9.94. The monoisotopic (exact) mass is 389 g/mol. The number of ether oxygens (including phenoxy) is 4. The Bertz CT molecular complexity index is 840. The van der Waals surface area contributed by atoms with Crippen LogP contribution < -0.4 is 9.47 Å². The summed E-state index contributed by atoms with van der Waals surface area (Å²) < 4.78 is 22.8. The summed E-state index contributed by atoms with van der Waals surface area (Å²) in [5, 5.41) is 0. The van der Waals surface area contributed by atoms with E-state index in [2.05, 4.69) is 0 Å². The smallest absolute Gasteiger partial charge is 0.344 e. The molecule has 1 heterocycles. The molecule has 0 aliphatic carbocycles. The van der Waals surface area contributed by atoms with Gasteiger partial charge in [0.15, 0.2) is 24.7 Å². The normalized spacial score (nSPS) is 10.6. The number of benzene rings is 1. The number of nitrogens with zero attached hydrogens (tertiary/aromatic N) is 1. The second-order valence-corrected chi connectivity index (χ2v) is 6.46. The lowest BCUT2D eigenvalue weighted by Gasteiger charge is -2.11. The maximum atomic E-state index is 12.4. The minimum Gasteiger partial charge on any atom is -0.493 e. The third-order valence-corrected chi connectivity index (χ3v) is 4.42. The fourth-order valence-corrected chi connectivity index (χ4v) is 2.91. The summed E-state index contributed by atoms with van der Waals surface area (Å²) in [5.41, 5.74) is 3.35. The van der Waals surface area contributed by atoms with Crippen LogP contribution in [0, 0.1) is 20.8 Å². The third kappa shape index (κ3) is 5.36. The second-order valence-electron chi connectivity index (χ2n) is 6.46. The van der Waals surface area contributed by atoms with Crippen molar-refractivity contribution in [2.24, 2.45) is 0 Å². The summed E-state index contributed by atoms with van der Waals surface area (Å²) in [4.78, 5) is 24.4. The van der Waals surface area contributed by atoms with Crippen molar-refractivity contribution in [1.29, 1.82) is 0 Å². The van der Waals surface area contributed by atoms with Crippen LogP contribution in [0.15, 0.2) is 24.3 Å². The zero-order valence-electron chi connectivity index (χ0n) is 17.0. The van der Waals surface area contributed by atoms with Gasteiger partial charge >= 0.3 is 5.97 Å². The van der Waals surface area contributed by atoms with Crippen LogP contribution in [0.5, 0.6) is 11.5 Å². The Morgan fingerprint density at radius 3 is 2.43 bits per heavy atom. The van der Waals surface area contributed by atoms with Crippen LogP contribution in [0.1, 0.15) is 27.3 Å². The Balaban J connectivity index is 1.90. The molecule has 152 valence electrons. The van der Waals surface area contributed by atoms with E-state index in [-0.39, 0.29) is 19.0 Å². The van der Waals surface area contributed by atoms with E-state index in [1.54, 1.807) is 19.2 Å². The molecule has 7 nitrogen and oxygen atoms in total. The van der Waals surface area contributed by atoms with Crippen molar-refractivity contribution >= 4 is 11.8 Å². The fraction of sp³-hybridized carbons (Fsp3) is 0.429. The highest BCUT2D eigenvalue weighted by molar-refractivity contribution is 5.99. The van der Waals surface area contributed by atoms with Gasteiger partial charge in [-0.2, -0.15) is 0 Å². The van der Waals surface area contributed by atoms with E-state index < -0.39 is 5.97 Å². The van der Waals surface area contributed by atoms with E-state index in [0.717, 1.165) is 17.0 Å². The number of esters is 1. The molecule has 0 saturated heterocycles. The van der Waals surface area contributed by atoms with Crippen LogP contribution >= 0.6 is 0 Å². The number of Topliss-reactive ketones (excluding diaryl/α,β-unsaturated/α-hetero) is 1. The highest BCUT2D eigenvalue weighted by Crippen LogP contribution is 2.27. The zero-order valence-corrected chi connectivity index (χ0v) is 17.0. The first kappa shape index (κ1) is 21.5. The molecule has 0 aliphatic rings. The lowest BCUT2D eigenvalue weighted by atomic mass is 10.1. The molecule has 0 fully saturated rings. The lowest BCUT2D eigenvalue weighted by Crippen LogP contribution is -2.20. The molecule has 1 aromatic heterocycles. The molecule has 0 aliphatic heterocycles. The quantitative estimate of drug-likeness (QED) is 0.459. The number of hydrogen-bond acceptors (Lipinski definition) is 6. The molecular weight excluding hydrogens is 362 g/mol. The molecule has 0 spiro atoms. The van der Waals surface area contributed by atoms with Crippen molar-refractivity contribution in [3.05, 3.63) is 46.8 Å². The number of aryl methyl sites for hydroxylation is 2. The number of ketones is 1. The lowest BCUT2D eigenvalue weighted by molar-refractivity contribution is -0.144. The SMILES string of the molecule is COCCn1c(C)cc(C(=O)COC(=O)COc2ccc(C)cc2OC)c1C. The fourth-order valence-electron chi connectivity index (χ4n) is 2.91. The van der Waals surface area contributed by atoms with Gasteiger partial charge < -0.3 is 23.5 Å². The van der Waals surface area contributed by atoms with Gasteiger partial charge in [0.2, 0.25) is 5.78 Å². The minimum atomic E-state index is -0.621. The highest BCUT2D eigenvalue weighted by Gasteiger charge is 2.17. The molecule has 2 aromatic rings. The van der Waals surface area contributed by atoms with Crippen LogP contribution in [0.25, 0.3) is 0 Å². The van der Waals surface area contributed by atoms with Gasteiger partial charge in [-0.25, -0.2) is 4.79 Å². The summed E-state index contributed by atoms with van der Waals surface area (Å²) in [5.74, 6) is 0.104. The van der Waals surface area contributed by atoms with Gasteiger partial charge in [0.1, 0.15) is 0 Å². The van der Waals surface area contributed by atoms with Crippen molar-refractivity contribution < 1.29 is 28.5 Å². The molecule has 0 radical (unpaired) electrons. The minimum absolute atomic E-state index is 0.252. The molecule has 1 aromatic carbocycles. The molecule has 0 bridgehead atoms. The Morgan fingerprint density at radius 1 is 1.00 bits per heavy atom. The van der Waals surface area contributed by atoms with E-state index in [4.69, 9.17) is 18.9 Å². The van der Waals surface area contributed by atoms with E-state index in [1.807, 2.05) is 37.5 Å². The van der Waals surface area contributed by atoms with Gasteiger partial charge in [0.25, 0.3) is 0 Å². The largest absolute Gasteiger partial charge is 0.493 e. The molecule has 7 heteroatoms. The van der Waals surface area contributed by atoms with Crippen LogP contribution in [-0.4, -0.2) is 50.4 Å². The van der Waals surface area contributed by atoms with E-state index in [1.165, 1.54) is 7.11 Å². The number of rotatable bonds is 10. The van der Waals surface area contributed by atoms with Crippen molar-refractivity contribution in [3.8, 4) is 11.5 Å². The molecule has 2 rings (SSSR count). The average Bonchev–Trinajstić information content (AvgIpc) is 2.97. The summed E-state index contributed by atoms with van der Waals surface area (Å²) in [6, 6.07) is 7.19. The van der Waals surface area contributed by atoms with E-state index in [0.29, 0.717) is 30.2 Å². The first-order valence-corrected chi connectivity index (χ1v) is 8.99. The van der Waals surface area contributed by atoms with Crippen LogP contribution in [0.4, 0.5) is 0 Å². The molecular formula is C21H27NO6. The van der Waals surface area contributed by atoms with E-state index >= 15 is 0 Å². The van der Waals surface area contributed by atoms with Gasteiger partial charge in [0, 0.05) is 30.6 Å². The Hall–Kier alpha value is -2.80. The van der Waals surface area contributed by atoms with Gasteiger partial charge in [-0.05, 0) is 44.5 Å². The van der Waals surface area contributed by atoms with E-state index in [9.17, 15) is 9.59 Å². The standard InChI is InChI=1S/C21H27NO6/c1-14-6-7-19(20(10-14)26-5)27-13-21(24)28-12-18(23)17-11-15(2)22(16(17)3)8-9-25-4/h6-7,10-11H,8-9,12-13H2,1-5H3. The average molecular weight is 389 g/mol. The van der Waals surface area contributed by atoms with Crippen molar-refractivity contribution in [2.45, 2.75) is 27.3 Å². The molecule has 0 amide bonds. The predicted molar refractivity (Wildman–Crippen MR) is 104 cm³/mol. The van der Waals surface area contributed by atoms with Crippen LogP contribution in [0.2, 0.25) is 0 Å². The maximum absolute atomic E-state index is 12.4. The number of aromatic nitrogens is 1. The Morgan fingerprint density at radius 2 is 1.75 bits per heavy atom. The maximum Gasteiger partial charge on any atom is 0.344 e. The molecule has 0 unspecified atom stereocenters. The highest BCUT2D eigenvalue weighted by atomic mass is 16.6. The number of methoxy groups -OCH3 is 2. The van der Waals surface area contributed by atoms with Gasteiger partial charge in [0.05, 0.1) is 13.7 Å². The summed E-state index contributed by atoms with van der Waals surface area (Å²) >= 11 is 0. The summed E-state index contributed by atoms with van der Waals surface area (Å²) in [7, 11) is 3.16. The van der Waals surface area contributed by atoms with Crippen LogP contribution in [-0.2, 0) is 20.8 Å². The van der Waals surface area contributed by atoms with Gasteiger partial charge in [-0.3, -0.25) is 4.79 Å². The van der Waals surface area contributed by atoms with Crippen LogP contribution in [0.3, 0.4) is 0 Å². The zero-order chi connectivity index (χ0) is 20.7. The number of carbonyl (C=O) groups excluding carboxylic acids is 2. The third-order valence-electron chi connectivity index (χ3n) is 4.42. The predicted octanol–water partition coefficient (Wildman–Crippen LogP) is 2.87. The first-order chi connectivity index (χ1) is 13.4. The Labute approximate surface area is 165 Å². The topological polar surface area (TPSA) is 76.0 Å². The molecule has 0 atom stereocenters. The summed E-state index contributed by atoms with van der Waals surface area (Å²) in [6.07, 6.45) is 0. The number of hydrogen-bond donors (Lipinski definition) is 0. The Kier molecular flexibility index (Phi) is 7.63. The van der Waals surface area contributed by atoms with Gasteiger partial charge in [-0.1, -0.05) is 6.07 Å². The molecule has 28 heavy (non-hydrogen) atoms. The molecule has 0 saturated carbocycles. The molecule has 0 N–H and O–H groups in total.